The van der Waals surface area contributed by atoms with Gasteiger partial charge in [0.05, 0.1) is 6.54 Å². The molecule has 0 aliphatic carbocycles. The minimum Gasteiger partial charge on any atom is -0.462 e. The lowest BCUT2D eigenvalue weighted by Crippen LogP contribution is -2.35. The molecule has 1 amide bonds. The van der Waals surface area contributed by atoms with E-state index < -0.39 is 0 Å². The van der Waals surface area contributed by atoms with E-state index >= 15 is 0 Å². The Labute approximate surface area is 219 Å². The second-order valence-corrected chi connectivity index (χ2v) is 8.09. The summed E-state index contributed by atoms with van der Waals surface area (Å²) in [6.07, 6.45) is 9.26. The zero-order valence-corrected chi connectivity index (χ0v) is 21.6. The maximum Gasteiger partial charge on any atom is 0.296 e. The van der Waals surface area contributed by atoms with E-state index in [1.807, 2.05) is 14.1 Å². The molecule has 0 aromatic heterocycles. The van der Waals surface area contributed by atoms with Crippen LogP contribution in [0.5, 0.6) is 0 Å². The highest BCUT2D eigenvalue weighted by atomic mass is 16.1. The molecule has 0 fully saturated rings. The van der Waals surface area contributed by atoms with Crippen molar-refractivity contribution in [3.05, 3.63) is 7.05 Å². The quantitative estimate of drug-likeness (QED) is 0.225. The first kappa shape index (κ1) is 31.5. The molecule has 0 atom stereocenters. The van der Waals surface area contributed by atoms with Crippen molar-refractivity contribution < 1.29 is 9.28 Å². The maximum atomic E-state index is 11.5. The van der Waals surface area contributed by atoms with Gasteiger partial charge in [-0.15, -0.1) is 7.05 Å². The smallest absolute Gasteiger partial charge is 0.296 e. The van der Waals surface area contributed by atoms with E-state index in [9.17, 15) is 4.79 Å². The molecule has 0 saturated heterocycles. The van der Waals surface area contributed by atoms with Crippen molar-refractivity contribution in [1.82, 2.24) is 5.32 Å². The van der Waals surface area contributed by atoms with Crippen LogP contribution in [0, 0.1) is 114 Å². The summed E-state index contributed by atoms with van der Waals surface area (Å²) >= 11 is 0. The molecule has 36 heavy (non-hydrogen) atoms. The van der Waals surface area contributed by atoms with Crippen molar-refractivity contribution in [3.63, 3.8) is 0 Å². The summed E-state index contributed by atoms with van der Waals surface area (Å²) in [5, 5.41) is 2.70. The Morgan fingerprint density at radius 1 is 0.639 bits per heavy atom. The van der Waals surface area contributed by atoms with Crippen molar-refractivity contribution in [2.75, 3.05) is 27.2 Å². The Bertz CT molecular complexity index is 1270. The van der Waals surface area contributed by atoms with Crippen LogP contribution in [0.4, 0.5) is 0 Å². The molecule has 0 rings (SSSR count). The number of nitrogens with zero attached hydrogens (tertiary/aromatic N) is 1. The van der Waals surface area contributed by atoms with E-state index in [-0.39, 0.29) is 5.91 Å². The summed E-state index contributed by atoms with van der Waals surface area (Å²) in [6.45, 7) is 3.63. The van der Waals surface area contributed by atoms with Gasteiger partial charge in [-0.2, -0.15) is 0 Å². The standard InChI is InChI=1S/C33H32N2O/c1-5-6-7-8-9-10-11-12-13-14-15-16-17-18-19-20-21-22-23-24-25-26-27-28-30-33(36)34-31-29-32-35(2,3)4/h2,5-11,29,31-32H2,1,3-4H3,(H,34,36). The van der Waals surface area contributed by atoms with E-state index in [0.717, 1.165) is 25.8 Å². The molecule has 0 aliphatic rings. The molecule has 0 aliphatic heterocycles. The second-order valence-electron chi connectivity index (χ2n) is 8.09. The topological polar surface area (TPSA) is 29.1 Å². The fourth-order valence-electron chi connectivity index (χ4n) is 2.38. The average molecular weight is 473 g/mol. The third-order valence-electron chi connectivity index (χ3n) is 4.08. The molecule has 0 unspecified atom stereocenters. The number of hydrogen-bond acceptors (Lipinski definition) is 1. The lowest BCUT2D eigenvalue weighted by Gasteiger charge is -2.32. The summed E-state index contributed by atoms with van der Waals surface area (Å²) < 4.78 is 0.605. The zero-order valence-electron chi connectivity index (χ0n) is 21.6. The monoisotopic (exact) mass is 472 g/mol. The van der Waals surface area contributed by atoms with Gasteiger partial charge in [0, 0.05) is 39.4 Å². The Morgan fingerprint density at radius 3 is 1.58 bits per heavy atom. The number of carbonyl (C=O) groups is 1. The van der Waals surface area contributed by atoms with Crippen molar-refractivity contribution in [2.24, 2.45) is 0 Å². The number of amides is 1. The van der Waals surface area contributed by atoms with Crippen molar-refractivity contribution >= 4 is 5.91 Å². The van der Waals surface area contributed by atoms with Gasteiger partial charge in [-0.05, 0) is 101 Å². The van der Waals surface area contributed by atoms with E-state index in [1.54, 1.807) is 0 Å². The van der Waals surface area contributed by atoms with Gasteiger partial charge in [0.25, 0.3) is 5.91 Å². The minimum atomic E-state index is -0.369. The Hall–Kier alpha value is -4.53. The summed E-state index contributed by atoms with van der Waals surface area (Å²) in [4.78, 5) is 11.5. The number of carbonyl (C=O) groups excluding carboxylic acids is 1. The molecule has 0 spiro atoms. The highest BCUT2D eigenvalue weighted by molar-refractivity contribution is 5.94. The maximum absolute atomic E-state index is 11.5. The molecule has 0 aromatic carbocycles. The molecular formula is C33H32N2O. The fourth-order valence-corrected chi connectivity index (χ4v) is 2.38. The third kappa shape index (κ3) is 27.5. The van der Waals surface area contributed by atoms with Crippen molar-refractivity contribution in [3.8, 4) is 107 Å². The number of rotatable bonds is 10. The minimum absolute atomic E-state index is 0.369. The van der Waals surface area contributed by atoms with Crippen molar-refractivity contribution in [1.29, 1.82) is 0 Å². The number of hydrogen-bond donors (Lipinski definition) is 1. The van der Waals surface area contributed by atoms with Gasteiger partial charge in [-0.1, -0.05) is 44.9 Å². The first-order valence-corrected chi connectivity index (χ1v) is 11.9. The molecule has 0 aromatic rings. The average Bonchev–Trinajstić information content (AvgIpc) is 2.84. The van der Waals surface area contributed by atoms with Gasteiger partial charge >= 0.3 is 0 Å². The molecule has 0 radical (unpaired) electrons. The van der Waals surface area contributed by atoms with Gasteiger partial charge in [0.1, 0.15) is 0 Å². The van der Waals surface area contributed by atoms with Crippen LogP contribution < -0.4 is 5.32 Å². The van der Waals surface area contributed by atoms with Gasteiger partial charge in [-0.25, -0.2) is 0 Å². The van der Waals surface area contributed by atoms with Crippen LogP contribution in [-0.2, 0) is 4.79 Å². The lowest BCUT2D eigenvalue weighted by atomic mass is 10.1. The Morgan fingerprint density at radius 2 is 1.08 bits per heavy atom. The van der Waals surface area contributed by atoms with Gasteiger partial charge in [0.15, 0.2) is 0 Å². The Balaban J connectivity index is 4.17. The molecule has 0 bridgehead atoms. The molecule has 3 heteroatoms. The lowest BCUT2D eigenvalue weighted by molar-refractivity contribution is -0.845. The first-order valence-electron chi connectivity index (χ1n) is 11.9. The van der Waals surface area contributed by atoms with Gasteiger partial charge in [-0.3, -0.25) is 4.79 Å². The van der Waals surface area contributed by atoms with Crippen LogP contribution in [0.3, 0.4) is 0 Å². The van der Waals surface area contributed by atoms with E-state index in [0.29, 0.717) is 11.0 Å². The number of nitrogens with one attached hydrogen (secondary N) is 1. The molecule has 1 N–H and O–H groups in total. The third-order valence-corrected chi connectivity index (χ3v) is 4.08. The van der Waals surface area contributed by atoms with Crippen LogP contribution in [0.2, 0.25) is 0 Å². The zero-order chi connectivity index (χ0) is 26.6. The summed E-state index contributed by atoms with van der Waals surface area (Å²) in [5.74, 6) is 46.0. The molecular weight excluding hydrogens is 440 g/mol. The summed E-state index contributed by atoms with van der Waals surface area (Å²) in [7, 11) is 7.94. The predicted octanol–water partition coefficient (Wildman–Crippen LogP) is 3.14. The van der Waals surface area contributed by atoms with Crippen LogP contribution in [0.15, 0.2) is 0 Å². The van der Waals surface area contributed by atoms with Gasteiger partial charge in [0.2, 0.25) is 0 Å². The molecule has 3 nitrogen and oxygen atoms in total. The largest absolute Gasteiger partial charge is 0.462 e. The SMILES string of the molecule is [CH2-][N+](C)(C)CCCNC(=O)C#CC#CC#CC#CC#CC#CC#CC#CC#CCCCCCCCC. The predicted molar refractivity (Wildman–Crippen MR) is 148 cm³/mol. The second kappa shape index (κ2) is 23.6. The van der Waals surface area contributed by atoms with Crippen LogP contribution in [-0.4, -0.2) is 37.6 Å². The van der Waals surface area contributed by atoms with Gasteiger partial charge < -0.3 is 9.80 Å². The number of unbranched alkanes of at least 4 members (excludes halogenated alkanes) is 6. The first-order chi connectivity index (χ1) is 17.5. The summed E-state index contributed by atoms with van der Waals surface area (Å²) in [6, 6.07) is 0. The van der Waals surface area contributed by atoms with Crippen LogP contribution >= 0.6 is 0 Å². The highest BCUT2D eigenvalue weighted by Crippen LogP contribution is 2.05. The van der Waals surface area contributed by atoms with Crippen LogP contribution in [0.25, 0.3) is 0 Å². The fraction of sp³-hybridized carbons (Fsp3) is 0.394. The number of quaternary nitrogens is 1. The normalized spacial score (nSPS) is 7.78. The highest BCUT2D eigenvalue weighted by Gasteiger charge is 2.00. The van der Waals surface area contributed by atoms with E-state index in [2.05, 4.69) is 126 Å². The molecule has 180 valence electrons. The van der Waals surface area contributed by atoms with Crippen molar-refractivity contribution in [2.45, 2.75) is 58.3 Å². The van der Waals surface area contributed by atoms with E-state index in [1.165, 1.54) is 32.1 Å². The summed E-state index contributed by atoms with van der Waals surface area (Å²) in [5.41, 5.74) is 0. The van der Waals surface area contributed by atoms with Crippen LogP contribution in [0.1, 0.15) is 58.3 Å². The Kier molecular flexibility index (Phi) is 20.6. The molecule has 0 heterocycles. The van der Waals surface area contributed by atoms with E-state index in [4.69, 9.17) is 0 Å². The molecule has 0 saturated carbocycles.